The Morgan fingerprint density at radius 3 is 2.73 bits per heavy atom. The highest BCUT2D eigenvalue weighted by molar-refractivity contribution is 5.94. The van der Waals surface area contributed by atoms with Crippen molar-refractivity contribution < 1.29 is 9.53 Å². The molecule has 22 heavy (non-hydrogen) atoms. The summed E-state index contributed by atoms with van der Waals surface area (Å²) in [6, 6.07) is 7.07. The van der Waals surface area contributed by atoms with E-state index in [0.717, 1.165) is 31.5 Å². The molecule has 1 aliphatic rings. The van der Waals surface area contributed by atoms with Crippen LogP contribution in [0.1, 0.15) is 19.3 Å². The van der Waals surface area contributed by atoms with Crippen LogP contribution in [0.15, 0.2) is 24.3 Å². The molecule has 8 nitrogen and oxygen atoms in total. The lowest BCUT2D eigenvalue weighted by molar-refractivity contribution is -0.118. The minimum Gasteiger partial charge on any atom is -0.422 e. The molecule has 1 aromatic heterocycles. The second-order valence-electron chi connectivity index (χ2n) is 4.81. The van der Waals surface area contributed by atoms with Gasteiger partial charge in [-0.1, -0.05) is 16.6 Å². The fourth-order valence-electron chi connectivity index (χ4n) is 2.21. The van der Waals surface area contributed by atoms with E-state index in [-0.39, 0.29) is 30.4 Å². The summed E-state index contributed by atoms with van der Waals surface area (Å²) in [6.07, 6.45) is 3.10. The van der Waals surface area contributed by atoms with Gasteiger partial charge >= 0.3 is 6.01 Å². The summed E-state index contributed by atoms with van der Waals surface area (Å²) in [5.74, 6) is 0.576. The number of amides is 1. The Balaban J connectivity index is 0.00000176. The molecular formula is C13H17ClN6O2. The van der Waals surface area contributed by atoms with E-state index in [1.165, 1.54) is 0 Å². The van der Waals surface area contributed by atoms with E-state index < -0.39 is 0 Å². The third-order valence-electron chi connectivity index (χ3n) is 3.28. The molecule has 2 aromatic rings. The number of carbonyl (C=O) groups is 1. The summed E-state index contributed by atoms with van der Waals surface area (Å²) >= 11 is 0. The third kappa shape index (κ3) is 4.15. The maximum absolute atomic E-state index is 12.1. The van der Waals surface area contributed by atoms with Crippen molar-refractivity contribution >= 4 is 24.0 Å². The van der Waals surface area contributed by atoms with Crippen LogP contribution in [0, 0.1) is 0 Å². The molecule has 1 aliphatic heterocycles. The van der Waals surface area contributed by atoms with Crippen LogP contribution in [0.25, 0.3) is 0 Å². The van der Waals surface area contributed by atoms with E-state index >= 15 is 0 Å². The first kappa shape index (κ1) is 16.2. The number of anilines is 1. The van der Waals surface area contributed by atoms with Crippen LogP contribution >= 0.6 is 12.4 Å². The van der Waals surface area contributed by atoms with Gasteiger partial charge in [0.05, 0.1) is 6.04 Å². The number of hydrogen-bond donors (Lipinski definition) is 3. The second kappa shape index (κ2) is 7.71. The van der Waals surface area contributed by atoms with Crippen LogP contribution in [0.4, 0.5) is 5.69 Å². The topological polar surface area (TPSA) is 105 Å². The fraction of sp³-hybridized carbons (Fsp3) is 0.385. The number of ether oxygens (including phenoxy) is 1. The molecule has 1 atom stereocenters. The van der Waals surface area contributed by atoms with E-state index in [1.807, 2.05) is 0 Å². The van der Waals surface area contributed by atoms with E-state index in [9.17, 15) is 4.79 Å². The summed E-state index contributed by atoms with van der Waals surface area (Å²) in [5.41, 5.74) is 0.729. The Kier molecular flexibility index (Phi) is 5.68. The van der Waals surface area contributed by atoms with Gasteiger partial charge in [0.25, 0.3) is 0 Å². The average Bonchev–Trinajstić information content (AvgIpc) is 3.03. The van der Waals surface area contributed by atoms with Crippen molar-refractivity contribution in [2.45, 2.75) is 25.3 Å². The summed E-state index contributed by atoms with van der Waals surface area (Å²) in [7, 11) is 0. The van der Waals surface area contributed by atoms with Gasteiger partial charge in [0, 0.05) is 5.69 Å². The van der Waals surface area contributed by atoms with Gasteiger partial charge in [-0.15, -0.1) is 12.4 Å². The molecule has 0 spiro atoms. The number of H-pyrrole nitrogens is 1. The highest BCUT2D eigenvalue weighted by Crippen LogP contribution is 2.20. The summed E-state index contributed by atoms with van der Waals surface area (Å²) in [6.45, 7) is 0.898. The van der Waals surface area contributed by atoms with Crippen LogP contribution < -0.4 is 15.4 Å². The van der Waals surface area contributed by atoms with Crippen molar-refractivity contribution in [3.8, 4) is 11.8 Å². The number of aromatic amines is 1. The van der Waals surface area contributed by atoms with Crippen molar-refractivity contribution in [1.82, 2.24) is 25.9 Å². The van der Waals surface area contributed by atoms with Crippen molar-refractivity contribution in [1.29, 1.82) is 0 Å². The largest absolute Gasteiger partial charge is 0.422 e. The van der Waals surface area contributed by atoms with Crippen LogP contribution in [-0.2, 0) is 4.79 Å². The Morgan fingerprint density at radius 1 is 1.27 bits per heavy atom. The maximum atomic E-state index is 12.1. The number of carbonyl (C=O) groups excluding carboxylic acids is 1. The number of nitrogens with one attached hydrogen (secondary N) is 3. The zero-order chi connectivity index (χ0) is 14.5. The number of halogens is 1. The van der Waals surface area contributed by atoms with Crippen LogP contribution in [0.5, 0.6) is 11.8 Å². The molecule has 0 radical (unpaired) electrons. The molecule has 3 N–H and O–H groups in total. The lowest BCUT2D eigenvalue weighted by atomic mass is 10.0. The van der Waals surface area contributed by atoms with E-state index in [4.69, 9.17) is 4.74 Å². The molecule has 3 rings (SSSR count). The molecule has 1 aromatic carbocycles. The average molecular weight is 325 g/mol. The molecular weight excluding hydrogens is 308 g/mol. The van der Waals surface area contributed by atoms with Crippen LogP contribution in [-0.4, -0.2) is 39.1 Å². The minimum absolute atomic E-state index is 0. The van der Waals surface area contributed by atoms with Gasteiger partial charge in [0.15, 0.2) is 0 Å². The molecule has 9 heteroatoms. The van der Waals surface area contributed by atoms with Gasteiger partial charge in [-0.3, -0.25) is 4.79 Å². The lowest BCUT2D eigenvalue weighted by Crippen LogP contribution is -2.43. The first-order valence-corrected chi connectivity index (χ1v) is 6.87. The minimum atomic E-state index is -0.103. The SMILES string of the molecule is Cl.O=C(Nc1ccc(Oc2nn[nH]n2)cc1)[C@H]1CCCCN1. The molecule has 0 bridgehead atoms. The molecule has 118 valence electrons. The molecule has 0 unspecified atom stereocenters. The quantitative estimate of drug-likeness (QED) is 0.787. The smallest absolute Gasteiger partial charge is 0.361 e. The highest BCUT2D eigenvalue weighted by atomic mass is 35.5. The zero-order valence-corrected chi connectivity index (χ0v) is 12.6. The van der Waals surface area contributed by atoms with Gasteiger partial charge in [-0.2, -0.15) is 5.21 Å². The summed E-state index contributed by atoms with van der Waals surface area (Å²) in [5, 5.41) is 19.2. The molecule has 1 fully saturated rings. The zero-order valence-electron chi connectivity index (χ0n) is 11.8. The molecule has 0 aliphatic carbocycles. The number of rotatable bonds is 4. The first-order chi connectivity index (χ1) is 10.3. The van der Waals surface area contributed by atoms with Crippen molar-refractivity contribution in [2.24, 2.45) is 0 Å². The first-order valence-electron chi connectivity index (χ1n) is 6.87. The van der Waals surface area contributed by atoms with Crippen LogP contribution in [0.3, 0.4) is 0 Å². The lowest BCUT2D eigenvalue weighted by Gasteiger charge is -2.22. The fourth-order valence-corrected chi connectivity index (χ4v) is 2.21. The third-order valence-corrected chi connectivity index (χ3v) is 3.28. The standard InChI is InChI=1S/C13H16N6O2.ClH/c20-12(11-3-1-2-8-14-11)15-9-4-6-10(7-5-9)21-13-16-18-19-17-13;/h4-7,11,14H,1-3,8H2,(H,15,20)(H,16,17,18,19);1H/t11-;/m1./s1. The molecule has 2 heterocycles. The molecule has 1 saturated heterocycles. The van der Waals surface area contributed by atoms with Crippen LogP contribution in [0.2, 0.25) is 0 Å². The van der Waals surface area contributed by atoms with Crippen molar-refractivity contribution in [3.63, 3.8) is 0 Å². The van der Waals surface area contributed by atoms with Crippen molar-refractivity contribution in [2.75, 3.05) is 11.9 Å². The number of hydrogen-bond acceptors (Lipinski definition) is 6. The van der Waals surface area contributed by atoms with Gasteiger partial charge in [0.1, 0.15) is 5.75 Å². The Morgan fingerprint density at radius 2 is 2.09 bits per heavy atom. The Labute approximate surface area is 133 Å². The van der Waals surface area contributed by atoms with Gasteiger partial charge in [-0.25, -0.2) is 0 Å². The van der Waals surface area contributed by atoms with Gasteiger partial charge in [0.2, 0.25) is 5.91 Å². The van der Waals surface area contributed by atoms with E-state index in [1.54, 1.807) is 24.3 Å². The van der Waals surface area contributed by atoms with Crippen molar-refractivity contribution in [3.05, 3.63) is 24.3 Å². The summed E-state index contributed by atoms with van der Waals surface area (Å²) < 4.78 is 5.35. The number of aromatic nitrogens is 4. The van der Waals surface area contributed by atoms with Gasteiger partial charge < -0.3 is 15.4 Å². The predicted octanol–water partition coefficient (Wildman–Crippen LogP) is 1.49. The second-order valence-corrected chi connectivity index (χ2v) is 4.81. The molecule has 0 saturated carbocycles. The maximum Gasteiger partial charge on any atom is 0.361 e. The summed E-state index contributed by atoms with van der Waals surface area (Å²) in [4.78, 5) is 12.1. The monoisotopic (exact) mass is 324 g/mol. The Hall–Kier alpha value is -2.19. The Bertz CT molecular complexity index is 583. The number of nitrogens with zero attached hydrogens (tertiary/aromatic N) is 3. The van der Waals surface area contributed by atoms with E-state index in [0.29, 0.717) is 5.75 Å². The highest BCUT2D eigenvalue weighted by Gasteiger charge is 2.20. The number of piperidine rings is 1. The molecule has 1 amide bonds. The number of benzene rings is 1. The predicted molar refractivity (Wildman–Crippen MR) is 82.2 cm³/mol. The van der Waals surface area contributed by atoms with E-state index in [2.05, 4.69) is 31.3 Å². The normalized spacial score (nSPS) is 17.4. The van der Waals surface area contributed by atoms with Gasteiger partial charge in [-0.05, 0) is 48.9 Å². The number of tetrazole rings is 1.